The lowest BCUT2D eigenvalue weighted by atomic mass is 9.96. The van der Waals surface area contributed by atoms with Gasteiger partial charge in [-0.25, -0.2) is 12.7 Å². The molecule has 0 atom stereocenters. The average molecular weight is 381 g/mol. The number of piperidine rings is 1. The molecule has 2 saturated heterocycles. The van der Waals surface area contributed by atoms with Gasteiger partial charge >= 0.3 is 0 Å². The van der Waals surface area contributed by atoms with Crippen molar-refractivity contribution in [2.24, 2.45) is 5.92 Å². The molecule has 2 heterocycles. The lowest BCUT2D eigenvalue weighted by Crippen LogP contribution is -3.13. The summed E-state index contributed by atoms with van der Waals surface area (Å²) in [4.78, 5) is 16.3. The fourth-order valence-electron chi connectivity index (χ4n) is 3.93. The number of nitrogens with zero attached hydrogens (tertiary/aromatic N) is 2. The van der Waals surface area contributed by atoms with Crippen molar-refractivity contribution in [1.29, 1.82) is 0 Å². The number of nitrogens with one attached hydrogen (secondary N) is 1. The Morgan fingerprint density at radius 3 is 2.27 bits per heavy atom. The predicted octanol–water partition coefficient (Wildman–Crippen LogP) is -0.0246. The first-order valence-corrected chi connectivity index (χ1v) is 11.2. The van der Waals surface area contributed by atoms with Gasteiger partial charge in [0.2, 0.25) is 15.9 Å². The Morgan fingerprint density at radius 2 is 1.69 bits per heavy atom. The van der Waals surface area contributed by atoms with Gasteiger partial charge in [-0.15, -0.1) is 0 Å². The van der Waals surface area contributed by atoms with Gasteiger partial charge in [0.25, 0.3) is 0 Å². The van der Waals surface area contributed by atoms with Gasteiger partial charge in [-0.3, -0.25) is 4.79 Å². The van der Waals surface area contributed by atoms with Crippen molar-refractivity contribution in [3.8, 4) is 0 Å². The van der Waals surface area contributed by atoms with Gasteiger partial charge in [-0.05, 0) is 19.8 Å². The minimum atomic E-state index is -3.13. The van der Waals surface area contributed by atoms with E-state index >= 15 is 0 Å². The molecule has 2 aliphatic heterocycles. The van der Waals surface area contributed by atoms with Crippen molar-refractivity contribution < 1.29 is 18.1 Å². The summed E-state index contributed by atoms with van der Waals surface area (Å²) in [6.45, 7) is 7.19. The van der Waals surface area contributed by atoms with E-state index in [-0.39, 0.29) is 17.6 Å². The summed E-state index contributed by atoms with van der Waals surface area (Å²) in [5, 5.41) is 0. The van der Waals surface area contributed by atoms with Crippen LogP contribution in [-0.4, -0.2) is 68.6 Å². The second-order valence-corrected chi connectivity index (χ2v) is 9.57. The molecule has 1 aromatic carbocycles. The summed E-state index contributed by atoms with van der Waals surface area (Å²) < 4.78 is 25.4. The maximum absolute atomic E-state index is 12.8. The first-order chi connectivity index (χ1) is 12.5. The highest BCUT2D eigenvalue weighted by Gasteiger charge is 2.34. The summed E-state index contributed by atoms with van der Waals surface area (Å²) in [5.74, 6) is 0.337. The Kier molecular flexibility index (Phi) is 6.32. The van der Waals surface area contributed by atoms with Crippen LogP contribution in [-0.2, 0) is 21.4 Å². The zero-order valence-electron chi connectivity index (χ0n) is 15.6. The molecule has 1 aromatic rings. The second-order valence-electron chi connectivity index (χ2n) is 7.31. The first kappa shape index (κ1) is 19.3. The molecule has 0 spiro atoms. The van der Waals surface area contributed by atoms with E-state index in [9.17, 15) is 13.2 Å². The number of hydrogen-bond donors (Lipinski definition) is 1. The number of quaternary nitrogens is 1. The molecule has 0 aromatic heterocycles. The molecule has 2 aliphatic rings. The van der Waals surface area contributed by atoms with Crippen LogP contribution in [0.1, 0.15) is 25.3 Å². The van der Waals surface area contributed by atoms with Crippen LogP contribution in [0.3, 0.4) is 0 Å². The average Bonchev–Trinajstić information content (AvgIpc) is 2.69. The molecular weight excluding hydrogens is 350 g/mol. The maximum atomic E-state index is 12.8. The fourth-order valence-corrected chi connectivity index (χ4v) is 5.06. The highest BCUT2D eigenvalue weighted by Crippen LogP contribution is 2.22. The van der Waals surface area contributed by atoms with E-state index in [2.05, 4.69) is 24.3 Å². The quantitative estimate of drug-likeness (QED) is 0.781. The first-order valence-electron chi connectivity index (χ1n) is 9.63. The fraction of sp³-hybridized carbons (Fsp3) is 0.632. The Labute approximate surface area is 156 Å². The molecule has 26 heavy (non-hydrogen) atoms. The normalized spacial score (nSPS) is 21.0. The summed E-state index contributed by atoms with van der Waals surface area (Å²) >= 11 is 0. The number of sulfonamides is 1. The summed E-state index contributed by atoms with van der Waals surface area (Å²) in [6, 6.07) is 10.5. The summed E-state index contributed by atoms with van der Waals surface area (Å²) in [7, 11) is -3.13. The van der Waals surface area contributed by atoms with Gasteiger partial charge in [0.05, 0.1) is 31.9 Å². The molecule has 7 heteroatoms. The lowest BCUT2D eigenvalue weighted by Gasteiger charge is -2.36. The zero-order chi connectivity index (χ0) is 18.6. The summed E-state index contributed by atoms with van der Waals surface area (Å²) in [5.41, 5.74) is 1.34. The van der Waals surface area contributed by atoms with Crippen LogP contribution in [0.25, 0.3) is 0 Å². The van der Waals surface area contributed by atoms with E-state index < -0.39 is 10.0 Å². The molecule has 0 radical (unpaired) electrons. The van der Waals surface area contributed by atoms with Crippen LogP contribution < -0.4 is 4.90 Å². The molecule has 3 rings (SSSR count). The van der Waals surface area contributed by atoms with Gasteiger partial charge in [-0.1, -0.05) is 30.3 Å². The van der Waals surface area contributed by atoms with E-state index in [0.717, 1.165) is 32.7 Å². The molecule has 6 nitrogen and oxygen atoms in total. The van der Waals surface area contributed by atoms with Crippen LogP contribution in [0.2, 0.25) is 0 Å². The van der Waals surface area contributed by atoms with Gasteiger partial charge in [0.15, 0.2) is 0 Å². The molecule has 0 unspecified atom stereocenters. The topological polar surface area (TPSA) is 62.1 Å². The largest absolute Gasteiger partial charge is 0.331 e. The van der Waals surface area contributed by atoms with Crippen LogP contribution in [0, 0.1) is 5.92 Å². The summed E-state index contributed by atoms with van der Waals surface area (Å²) in [6.07, 6.45) is 1.30. The van der Waals surface area contributed by atoms with Crippen molar-refractivity contribution in [2.45, 2.75) is 26.3 Å². The van der Waals surface area contributed by atoms with Gasteiger partial charge < -0.3 is 9.80 Å². The monoisotopic (exact) mass is 380 g/mol. The number of benzene rings is 1. The Morgan fingerprint density at radius 1 is 1.08 bits per heavy atom. The third-order valence-electron chi connectivity index (χ3n) is 5.64. The molecule has 2 fully saturated rings. The number of carbonyl (C=O) groups excluding carboxylic acids is 1. The molecule has 0 aliphatic carbocycles. The molecule has 1 N–H and O–H groups in total. The Balaban J connectivity index is 1.46. The smallest absolute Gasteiger partial charge is 0.226 e. The van der Waals surface area contributed by atoms with Gasteiger partial charge in [-0.2, -0.15) is 0 Å². The molecule has 1 amide bonds. The van der Waals surface area contributed by atoms with Gasteiger partial charge in [0, 0.05) is 24.6 Å². The molecule has 0 saturated carbocycles. The maximum Gasteiger partial charge on any atom is 0.226 e. The SMILES string of the molecule is CCS(=O)(=O)N1CCC(C(=O)N2CC[NH+](Cc3ccccc3)CC2)CC1. The van der Waals surface area contributed by atoms with E-state index in [1.807, 2.05) is 11.0 Å². The zero-order valence-corrected chi connectivity index (χ0v) is 16.4. The molecule has 144 valence electrons. The minimum Gasteiger partial charge on any atom is -0.331 e. The van der Waals surface area contributed by atoms with Crippen molar-refractivity contribution >= 4 is 15.9 Å². The second kappa shape index (κ2) is 8.50. The van der Waals surface area contributed by atoms with Crippen molar-refractivity contribution in [1.82, 2.24) is 9.21 Å². The van der Waals surface area contributed by atoms with Crippen LogP contribution in [0.15, 0.2) is 30.3 Å². The standard InChI is InChI=1S/C19H29N3O3S/c1-2-26(24,25)22-10-8-18(9-11-22)19(23)21-14-12-20(13-15-21)16-17-6-4-3-5-7-17/h3-7,18H,2,8-16H2,1H3/p+1. The van der Waals surface area contributed by atoms with E-state index in [1.165, 1.54) is 10.5 Å². The number of amides is 1. The lowest BCUT2D eigenvalue weighted by molar-refractivity contribution is -0.917. The minimum absolute atomic E-state index is 0.0195. The van der Waals surface area contributed by atoms with Gasteiger partial charge in [0.1, 0.15) is 6.54 Å². The number of carbonyl (C=O) groups is 1. The molecule has 0 bridgehead atoms. The highest BCUT2D eigenvalue weighted by molar-refractivity contribution is 7.89. The molecular formula is C19H30N3O3S+. The van der Waals surface area contributed by atoms with Crippen LogP contribution >= 0.6 is 0 Å². The third kappa shape index (κ3) is 4.64. The predicted molar refractivity (Wildman–Crippen MR) is 101 cm³/mol. The van der Waals surface area contributed by atoms with E-state index in [0.29, 0.717) is 25.9 Å². The number of piperazine rings is 1. The van der Waals surface area contributed by atoms with Crippen LogP contribution in [0.5, 0.6) is 0 Å². The van der Waals surface area contributed by atoms with E-state index in [4.69, 9.17) is 0 Å². The Bertz CT molecular complexity index is 692. The number of rotatable bonds is 5. The Hall–Kier alpha value is -1.44. The van der Waals surface area contributed by atoms with Crippen molar-refractivity contribution in [3.05, 3.63) is 35.9 Å². The number of hydrogen-bond acceptors (Lipinski definition) is 3. The highest BCUT2D eigenvalue weighted by atomic mass is 32.2. The van der Waals surface area contributed by atoms with Crippen molar-refractivity contribution in [3.63, 3.8) is 0 Å². The van der Waals surface area contributed by atoms with Crippen LogP contribution in [0.4, 0.5) is 0 Å². The third-order valence-corrected chi connectivity index (χ3v) is 7.52. The van der Waals surface area contributed by atoms with Crippen molar-refractivity contribution in [2.75, 3.05) is 45.0 Å². The van der Waals surface area contributed by atoms with E-state index in [1.54, 1.807) is 11.2 Å².